The molecule has 1 heterocycles. The topological polar surface area (TPSA) is 50.7 Å². The number of ether oxygens (including phenoxy) is 1. The minimum Gasteiger partial charge on any atom is -0.463 e. The predicted octanol–water partition coefficient (Wildman–Crippen LogP) is 6.25. The number of carbonyl (C=O) groups is 1. The molecule has 4 nitrogen and oxygen atoms in total. The second-order valence-electron chi connectivity index (χ2n) is 7.16. The van der Waals surface area contributed by atoms with Crippen molar-refractivity contribution in [3.05, 3.63) is 112 Å². The molecule has 0 radical (unpaired) electrons. The summed E-state index contributed by atoms with van der Waals surface area (Å²) >= 11 is 7.60. The first kappa shape index (κ1) is 22.2. The van der Waals surface area contributed by atoms with E-state index in [1.807, 2.05) is 91.9 Å². The van der Waals surface area contributed by atoms with Gasteiger partial charge in [0.2, 0.25) is 0 Å². The molecular formula is C26H23ClN2O2S. The lowest BCUT2D eigenvalue weighted by molar-refractivity contribution is -0.138. The molecule has 0 fully saturated rings. The standard InChI is InChI=1S/C26H23ClN2O2S/c1-2-31-25(30)22-23(19-9-5-3-6-10-19)28-26(29-24(22)20-11-7-4-8-12-20)32-17-18-13-15-21(27)16-14-18/h3-16,23H,2,17H2,1H3,(H,28,29)/t23-/m0/s1. The summed E-state index contributed by atoms with van der Waals surface area (Å²) in [6.07, 6.45) is 0. The number of amidine groups is 1. The number of carbonyl (C=O) groups excluding carboxylic acids is 1. The summed E-state index contributed by atoms with van der Waals surface area (Å²) in [4.78, 5) is 18.0. The van der Waals surface area contributed by atoms with E-state index in [9.17, 15) is 4.79 Å². The first-order chi connectivity index (χ1) is 15.7. The van der Waals surface area contributed by atoms with Gasteiger partial charge < -0.3 is 10.1 Å². The summed E-state index contributed by atoms with van der Waals surface area (Å²) in [5.74, 6) is 0.361. The van der Waals surface area contributed by atoms with Crippen LogP contribution in [0.2, 0.25) is 5.02 Å². The molecule has 0 unspecified atom stereocenters. The number of benzene rings is 3. The van der Waals surface area contributed by atoms with Crippen molar-refractivity contribution in [2.45, 2.75) is 18.7 Å². The Labute approximate surface area is 197 Å². The minimum absolute atomic E-state index is 0.299. The second-order valence-corrected chi connectivity index (χ2v) is 8.56. The molecule has 0 aliphatic carbocycles. The fourth-order valence-corrected chi connectivity index (χ4v) is 4.44. The van der Waals surface area contributed by atoms with Crippen molar-refractivity contribution in [1.29, 1.82) is 0 Å². The second kappa shape index (κ2) is 10.5. The summed E-state index contributed by atoms with van der Waals surface area (Å²) < 4.78 is 5.44. The highest BCUT2D eigenvalue weighted by Gasteiger charge is 2.32. The van der Waals surface area contributed by atoms with Crippen LogP contribution in [0, 0.1) is 0 Å². The van der Waals surface area contributed by atoms with Gasteiger partial charge in [0.05, 0.1) is 17.9 Å². The number of hydrogen-bond donors (Lipinski definition) is 1. The van der Waals surface area contributed by atoms with Gasteiger partial charge >= 0.3 is 5.97 Å². The van der Waals surface area contributed by atoms with Crippen molar-refractivity contribution >= 4 is 40.2 Å². The molecule has 3 aromatic carbocycles. The average Bonchev–Trinajstić information content (AvgIpc) is 2.84. The number of rotatable bonds is 6. The maximum absolute atomic E-state index is 13.1. The van der Waals surface area contributed by atoms with Crippen molar-refractivity contribution in [2.24, 2.45) is 4.99 Å². The Morgan fingerprint density at radius 1 is 1.00 bits per heavy atom. The quantitative estimate of drug-likeness (QED) is 0.440. The monoisotopic (exact) mass is 462 g/mol. The van der Waals surface area contributed by atoms with Gasteiger partial charge in [-0.3, -0.25) is 0 Å². The molecular weight excluding hydrogens is 440 g/mol. The highest BCUT2D eigenvalue weighted by molar-refractivity contribution is 8.13. The molecule has 0 saturated heterocycles. The van der Waals surface area contributed by atoms with E-state index < -0.39 is 6.04 Å². The lowest BCUT2D eigenvalue weighted by atomic mass is 9.94. The summed E-state index contributed by atoms with van der Waals surface area (Å²) in [7, 11) is 0. The van der Waals surface area contributed by atoms with Crippen molar-refractivity contribution in [1.82, 2.24) is 5.32 Å². The van der Waals surface area contributed by atoms with Crippen LogP contribution in [-0.2, 0) is 15.3 Å². The highest BCUT2D eigenvalue weighted by atomic mass is 35.5. The first-order valence-corrected chi connectivity index (χ1v) is 11.8. The highest BCUT2D eigenvalue weighted by Crippen LogP contribution is 2.36. The maximum Gasteiger partial charge on any atom is 0.338 e. The first-order valence-electron chi connectivity index (χ1n) is 10.4. The zero-order valence-electron chi connectivity index (χ0n) is 17.6. The van der Waals surface area contributed by atoms with E-state index >= 15 is 0 Å². The Balaban J connectivity index is 1.74. The SMILES string of the molecule is CCOC(=O)C1=C(c2ccccc2)NC(SCc2ccc(Cl)cc2)=N[C@H]1c1ccccc1. The van der Waals surface area contributed by atoms with Gasteiger partial charge in [-0.15, -0.1) is 0 Å². The fourth-order valence-electron chi connectivity index (χ4n) is 3.46. The van der Waals surface area contributed by atoms with Gasteiger partial charge in [0.15, 0.2) is 5.17 Å². The van der Waals surface area contributed by atoms with Crippen LogP contribution >= 0.6 is 23.4 Å². The van der Waals surface area contributed by atoms with Crippen LogP contribution in [0.5, 0.6) is 0 Å². The fraction of sp³-hybridized carbons (Fsp3) is 0.154. The maximum atomic E-state index is 13.1. The summed E-state index contributed by atoms with van der Waals surface area (Å²) in [5, 5.41) is 4.87. The Hall–Kier alpha value is -3.02. The van der Waals surface area contributed by atoms with Crippen LogP contribution in [-0.4, -0.2) is 17.7 Å². The predicted molar refractivity (Wildman–Crippen MR) is 132 cm³/mol. The largest absolute Gasteiger partial charge is 0.463 e. The molecule has 6 heteroatoms. The molecule has 0 aromatic heterocycles. The van der Waals surface area contributed by atoms with Crippen LogP contribution in [0.25, 0.3) is 5.70 Å². The molecule has 3 aromatic rings. The lowest BCUT2D eigenvalue weighted by Crippen LogP contribution is -2.31. The molecule has 1 aliphatic heterocycles. The third kappa shape index (κ3) is 5.23. The van der Waals surface area contributed by atoms with E-state index in [1.165, 1.54) is 0 Å². The van der Waals surface area contributed by atoms with E-state index in [-0.39, 0.29) is 5.97 Å². The number of thioether (sulfide) groups is 1. The van der Waals surface area contributed by atoms with Crippen LogP contribution in [0.15, 0.2) is 95.5 Å². The summed E-state index contributed by atoms with van der Waals surface area (Å²) in [6, 6.07) is 27.0. The Kier molecular flexibility index (Phi) is 7.30. The van der Waals surface area contributed by atoms with Crippen LogP contribution in [0.1, 0.15) is 29.7 Å². The molecule has 0 bridgehead atoms. The number of nitrogens with one attached hydrogen (secondary N) is 1. The Morgan fingerprint density at radius 3 is 2.31 bits per heavy atom. The van der Waals surface area contributed by atoms with Gasteiger partial charge in [-0.1, -0.05) is 96.2 Å². The van der Waals surface area contributed by atoms with Gasteiger partial charge in [-0.25, -0.2) is 9.79 Å². The van der Waals surface area contributed by atoms with Crippen LogP contribution in [0.4, 0.5) is 0 Å². The normalized spacial score (nSPS) is 15.7. The van der Waals surface area contributed by atoms with Crippen molar-refractivity contribution in [2.75, 3.05) is 6.61 Å². The Bertz CT molecular complexity index is 1130. The van der Waals surface area contributed by atoms with Gasteiger partial charge in [0.1, 0.15) is 6.04 Å². The van der Waals surface area contributed by atoms with Gasteiger partial charge in [-0.2, -0.15) is 0 Å². The van der Waals surface area contributed by atoms with Crippen LogP contribution in [0.3, 0.4) is 0 Å². The zero-order chi connectivity index (χ0) is 22.3. The smallest absolute Gasteiger partial charge is 0.338 e. The molecule has 4 rings (SSSR count). The van der Waals surface area contributed by atoms with Crippen molar-refractivity contribution in [3.8, 4) is 0 Å². The Morgan fingerprint density at radius 2 is 1.66 bits per heavy atom. The average molecular weight is 463 g/mol. The molecule has 32 heavy (non-hydrogen) atoms. The third-order valence-electron chi connectivity index (χ3n) is 4.98. The molecule has 1 aliphatic rings. The van der Waals surface area contributed by atoms with Gasteiger partial charge in [-0.05, 0) is 35.7 Å². The van der Waals surface area contributed by atoms with E-state index in [0.29, 0.717) is 17.2 Å². The molecule has 1 atom stereocenters. The molecule has 162 valence electrons. The number of nitrogens with zero attached hydrogens (tertiary/aromatic N) is 1. The number of halogens is 1. The van der Waals surface area contributed by atoms with Gasteiger partial charge in [0.25, 0.3) is 0 Å². The van der Waals surface area contributed by atoms with Gasteiger partial charge in [0, 0.05) is 10.8 Å². The van der Waals surface area contributed by atoms with Crippen molar-refractivity contribution in [3.63, 3.8) is 0 Å². The van der Waals surface area contributed by atoms with E-state index in [0.717, 1.165) is 33.3 Å². The summed E-state index contributed by atoms with van der Waals surface area (Å²) in [5.41, 5.74) is 4.24. The number of esters is 1. The minimum atomic E-state index is -0.459. The van der Waals surface area contributed by atoms with Crippen LogP contribution < -0.4 is 5.32 Å². The number of aliphatic imine (C=N–C) groups is 1. The lowest BCUT2D eigenvalue weighted by Gasteiger charge is -2.27. The molecule has 0 saturated carbocycles. The third-order valence-corrected chi connectivity index (χ3v) is 6.19. The zero-order valence-corrected chi connectivity index (χ0v) is 19.2. The molecule has 0 amide bonds. The molecule has 0 spiro atoms. The number of hydrogen-bond acceptors (Lipinski definition) is 5. The molecule has 1 N–H and O–H groups in total. The summed E-state index contributed by atoms with van der Waals surface area (Å²) in [6.45, 7) is 2.11. The van der Waals surface area contributed by atoms with E-state index in [4.69, 9.17) is 21.3 Å². The van der Waals surface area contributed by atoms with E-state index in [2.05, 4.69) is 5.32 Å². The van der Waals surface area contributed by atoms with E-state index in [1.54, 1.807) is 11.8 Å². The van der Waals surface area contributed by atoms with Crippen molar-refractivity contribution < 1.29 is 9.53 Å².